The normalized spacial score (nSPS) is 18.8. The summed E-state index contributed by atoms with van der Waals surface area (Å²) in [6.07, 6.45) is 13.1. The largest absolute Gasteiger partial charge is 0.299 e. The summed E-state index contributed by atoms with van der Waals surface area (Å²) in [5, 5.41) is 3.54. The molecule has 172 valence electrons. The molecule has 3 heterocycles. The van der Waals surface area contributed by atoms with Crippen LogP contribution in [-0.2, 0) is 4.79 Å². The molecule has 3 nitrogen and oxygen atoms in total. The van der Waals surface area contributed by atoms with Crippen LogP contribution in [-0.4, -0.2) is 35.3 Å². The lowest BCUT2D eigenvalue weighted by atomic mass is 9.79. The Hall–Kier alpha value is -2.30. The van der Waals surface area contributed by atoms with Crippen molar-refractivity contribution in [2.24, 2.45) is 5.92 Å². The Kier molecular flexibility index (Phi) is 7.33. The molecular formula is C29H34N2OS. The first-order valence-corrected chi connectivity index (χ1v) is 13.5. The maximum absolute atomic E-state index is 13.4. The third-order valence-corrected chi connectivity index (χ3v) is 8.44. The van der Waals surface area contributed by atoms with E-state index in [4.69, 9.17) is 0 Å². The number of ketones is 1. The number of nitrogens with zero attached hydrogens (tertiary/aromatic N) is 2. The quantitative estimate of drug-likeness (QED) is 0.361. The lowest BCUT2D eigenvalue weighted by Gasteiger charge is -2.28. The Balaban J connectivity index is 1.20. The van der Waals surface area contributed by atoms with Gasteiger partial charge in [-0.15, -0.1) is 11.3 Å². The maximum atomic E-state index is 13.4. The SMILES string of the molecule is O=C(C1CCCCC1)C(CCCN1CC=C(c2cccc3ccsc23)CC1)c1ccccn1. The van der Waals surface area contributed by atoms with E-state index in [1.54, 1.807) is 0 Å². The number of pyridine rings is 1. The van der Waals surface area contributed by atoms with E-state index in [0.29, 0.717) is 5.78 Å². The summed E-state index contributed by atoms with van der Waals surface area (Å²) in [5.74, 6) is 0.645. The van der Waals surface area contributed by atoms with Gasteiger partial charge in [-0.2, -0.15) is 0 Å². The number of hydrogen-bond acceptors (Lipinski definition) is 4. The number of aromatic nitrogens is 1. The van der Waals surface area contributed by atoms with Gasteiger partial charge in [0.25, 0.3) is 0 Å². The van der Waals surface area contributed by atoms with E-state index in [2.05, 4.69) is 45.6 Å². The van der Waals surface area contributed by atoms with E-state index in [1.807, 2.05) is 35.7 Å². The molecule has 1 aliphatic heterocycles. The topological polar surface area (TPSA) is 33.2 Å². The molecule has 1 fully saturated rings. The summed E-state index contributed by atoms with van der Waals surface area (Å²) in [7, 11) is 0. The van der Waals surface area contributed by atoms with Crippen LogP contribution in [0.2, 0.25) is 0 Å². The highest BCUT2D eigenvalue weighted by atomic mass is 32.1. The van der Waals surface area contributed by atoms with Gasteiger partial charge in [0.15, 0.2) is 0 Å². The van der Waals surface area contributed by atoms with Gasteiger partial charge in [0.1, 0.15) is 5.78 Å². The molecule has 4 heteroatoms. The molecule has 1 unspecified atom stereocenters. The van der Waals surface area contributed by atoms with Gasteiger partial charge < -0.3 is 0 Å². The van der Waals surface area contributed by atoms with Gasteiger partial charge in [-0.05, 0) is 78.8 Å². The van der Waals surface area contributed by atoms with Crippen molar-refractivity contribution in [1.29, 1.82) is 0 Å². The van der Waals surface area contributed by atoms with Crippen LogP contribution in [0, 0.1) is 5.92 Å². The van der Waals surface area contributed by atoms with Crippen LogP contribution in [0.25, 0.3) is 15.7 Å². The Bertz CT molecular complexity index is 1100. The average molecular weight is 459 g/mol. The van der Waals surface area contributed by atoms with Crippen molar-refractivity contribution in [1.82, 2.24) is 9.88 Å². The molecule has 3 aromatic rings. The van der Waals surface area contributed by atoms with Crippen LogP contribution in [0.15, 0.2) is 60.1 Å². The highest BCUT2D eigenvalue weighted by molar-refractivity contribution is 7.17. The summed E-state index contributed by atoms with van der Waals surface area (Å²) < 4.78 is 1.41. The summed E-state index contributed by atoms with van der Waals surface area (Å²) in [6.45, 7) is 3.15. The van der Waals surface area contributed by atoms with Crippen LogP contribution >= 0.6 is 11.3 Å². The number of hydrogen-bond donors (Lipinski definition) is 0. The molecule has 0 spiro atoms. The Morgan fingerprint density at radius 3 is 2.79 bits per heavy atom. The van der Waals surface area contributed by atoms with E-state index in [-0.39, 0.29) is 11.8 Å². The third kappa shape index (κ3) is 5.28. The lowest BCUT2D eigenvalue weighted by molar-refractivity contribution is -0.125. The molecule has 0 bridgehead atoms. The fraction of sp³-hybridized carbons (Fsp3) is 0.448. The zero-order chi connectivity index (χ0) is 22.5. The van der Waals surface area contributed by atoms with Crippen LogP contribution in [0.1, 0.15) is 68.5 Å². The number of fused-ring (bicyclic) bond motifs is 1. The predicted molar refractivity (Wildman–Crippen MR) is 139 cm³/mol. The molecule has 0 radical (unpaired) electrons. The molecule has 33 heavy (non-hydrogen) atoms. The van der Waals surface area contributed by atoms with E-state index < -0.39 is 0 Å². The predicted octanol–water partition coefficient (Wildman–Crippen LogP) is 7.10. The van der Waals surface area contributed by atoms with Gasteiger partial charge >= 0.3 is 0 Å². The van der Waals surface area contributed by atoms with E-state index in [0.717, 1.165) is 57.4 Å². The van der Waals surface area contributed by atoms with Gasteiger partial charge in [-0.3, -0.25) is 14.7 Å². The minimum Gasteiger partial charge on any atom is -0.299 e. The standard InChI is InChI=1S/C29H34N2OS/c32-28(23-8-2-1-3-9-23)26(27-13-4-5-17-30-27)12-7-18-31-19-14-22(15-20-31)25-11-6-10-24-16-21-33-29(24)25/h4-6,10-11,13-14,16-17,21,23,26H,1-3,7-9,12,15,18-20H2. The minimum absolute atomic E-state index is 0.0402. The average Bonchev–Trinajstić information content (AvgIpc) is 3.37. The van der Waals surface area contributed by atoms with Crippen LogP contribution in [0.4, 0.5) is 0 Å². The van der Waals surface area contributed by atoms with Crippen molar-refractivity contribution in [3.05, 3.63) is 71.4 Å². The Labute approximate surface area is 201 Å². The van der Waals surface area contributed by atoms with Crippen LogP contribution in [0.5, 0.6) is 0 Å². The third-order valence-electron chi connectivity index (χ3n) is 7.48. The Morgan fingerprint density at radius 2 is 2.00 bits per heavy atom. The molecule has 2 aliphatic rings. The monoisotopic (exact) mass is 458 g/mol. The van der Waals surface area contributed by atoms with Crippen molar-refractivity contribution in [2.45, 2.75) is 57.3 Å². The molecule has 1 saturated carbocycles. The Morgan fingerprint density at radius 1 is 1.09 bits per heavy atom. The van der Waals surface area contributed by atoms with E-state index in [1.165, 1.54) is 40.5 Å². The summed E-state index contributed by atoms with van der Waals surface area (Å²) in [6, 6.07) is 14.9. The van der Waals surface area contributed by atoms with Crippen molar-refractivity contribution >= 4 is 32.8 Å². The zero-order valence-electron chi connectivity index (χ0n) is 19.4. The summed E-state index contributed by atoms with van der Waals surface area (Å²) in [5.41, 5.74) is 3.87. The highest BCUT2D eigenvalue weighted by Crippen LogP contribution is 2.34. The number of carbonyl (C=O) groups excluding carboxylic acids is 1. The molecular weight excluding hydrogens is 424 g/mol. The minimum atomic E-state index is -0.0402. The first-order valence-electron chi connectivity index (χ1n) is 12.6. The number of thiophene rings is 1. The van der Waals surface area contributed by atoms with Crippen LogP contribution < -0.4 is 0 Å². The molecule has 1 aromatic carbocycles. The van der Waals surface area contributed by atoms with Crippen molar-refractivity contribution in [2.75, 3.05) is 19.6 Å². The molecule has 5 rings (SSSR count). The molecule has 0 amide bonds. The van der Waals surface area contributed by atoms with Gasteiger partial charge in [0.05, 0.1) is 11.6 Å². The smallest absolute Gasteiger partial charge is 0.144 e. The molecule has 1 atom stereocenters. The van der Waals surface area contributed by atoms with Gasteiger partial charge in [-0.25, -0.2) is 0 Å². The van der Waals surface area contributed by atoms with Crippen molar-refractivity contribution in [3.8, 4) is 0 Å². The number of Topliss-reactive ketones (excluding diaryl/α,β-unsaturated/α-hetero) is 1. The fourth-order valence-electron chi connectivity index (χ4n) is 5.61. The highest BCUT2D eigenvalue weighted by Gasteiger charge is 2.30. The zero-order valence-corrected chi connectivity index (χ0v) is 20.2. The molecule has 0 N–H and O–H groups in total. The van der Waals surface area contributed by atoms with Crippen LogP contribution in [0.3, 0.4) is 0 Å². The number of carbonyl (C=O) groups is 1. The maximum Gasteiger partial charge on any atom is 0.144 e. The number of benzene rings is 1. The van der Waals surface area contributed by atoms with Gasteiger partial charge in [0.2, 0.25) is 0 Å². The second kappa shape index (κ2) is 10.8. The fourth-order valence-corrected chi connectivity index (χ4v) is 6.56. The number of rotatable bonds is 8. The van der Waals surface area contributed by atoms with Gasteiger partial charge in [-0.1, -0.05) is 49.6 Å². The van der Waals surface area contributed by atoms with E-state index in [9.17, 15) is 4.79 Å². The molecule has 1 aliphatic carbocycles. The lowest BCUT2D eigenvalue weighted by Crippen LogP contribution is -2.30. The van der Waals surface area contributed by atoms with Crippen molar-refractivity contribution in [3.63, 3.8) is 0 Å². The van der Waals surface area contributed by atoms with Crippen molar-refractivity contribution < 1.29 is 4.79 Å². The van der Waals surface area contributed by atoms with Gasteiger partial charge in [0, 0.05) is 29.9 Å². The second-order valence-corrected chi connectivity index (χ2v) is 10.5. The van der Waals surface area contributed by atoms with E-state index >= 15 is 0 Å². The summed E-state index contributed by atoms with van der Waals surface area (Å²) in [4.78, 5) is 20.5. The first-order chi connectivity index (χ1) is 16.3. The summed E-state index contributed by atoms with van der Waals surface area (Å²) >= 11 is 1.85. The first kappa shape index (κ1) is 22.5. The molecule has 2 aromatic heterocycles. The molecule has 0 saturated heterocycles. The second-order valence-electron chi connectivity index (χ2n) is 9.61.